The van der Waals surface area contributed by atoms with E-state index in [2.05, 4.69) is 4.90 Å². The molecule has 2 aliphatic rings. The zero-order valence-electron chi connectivity index (χ0n) is 11.3. The molecule has 2 aliphatic heterocycles. The molecule has 1 amide bonds. The van der Waals surface area contributed by atoms with Crippen LogP contribution in [-0.4, -0.2) is 67.7 Å². The fourth-order valence-corrected chi connectivity index (χ4v) is 2.96. The normalized spacial score (nSPS) is 26.8. The molecule has 104 valence electrons. The number of likely N-dealkylation sites (tertiary alicyclic amines) is 2. The molecule has 18 heavy (non-hydrogen) atoms. The summed E-state index contributed by atoms with van der Waals surface area (Å²) in [7, 11) is 1.61. The summed E-state index contributed by atoms with van der Waals surface area (Å²) in [5.74, 6) is 0.189. The number of hydrogen-bond donors (Lipinski definition) is 1. The first-order valence-corrected chi connectivity index (χ1v) is 6.99. The van der Waals surface area contributed by atoms with Gasteiger partial charge in [-0.2, -0.15) is 0 Å². The lowest BCUT2D eigenvalue weighted by molar-refractivity contribution is -0.132. The maximum atomic E-state index is 12.1. The van der Waals surface area contributed by atoms with Crippen LogP contribution in [0.5, 0.6) is 0 Å². The van der Waals surface area contributed by atoms with E-state index in [-0.39, 0.29) is 12.0 Å². The van der Waals surface area contributed by atoms with E-state index in [1.807, 2.05) is 4.90 Å². The van der Waals surface area contributed by atoms with Gasteiger partial charge in [-0.1, -0.05) is 0 Å². The first kappa shape index (κ1) is 13.8. The summed E-state index contributed by atoms with van der Waals surface area (Å²) in [6, 6.07) is 0.579. The zero-order chi connectivity index (χ0) is 13.0. The lowest BCUT2D eigenvalue weighted by atomic mass is 10.2. The SMILES string of the molecule is COC(CN)CC(=O)N1CCC(N2CCCC2)C1. The molecule has 0 radical (unpaired) electrons. The number of carbonyl (C=O) groups excluding carboxylic acids is 1. The maximum absolute atomic E-state index is 12.1. The number of rotatable bonds is 5. The second-order valence-electron chi connectivity index (χ2n) is 5.32. The van der Waals surface area contributed by atoms with E-state index >= 15 is 0 Å². The van der Waals surface area contributed by atoms with Crippen molar-refractivity contribution in [1.29, 1.82) is 0 Å². The summed E-state index contributed by atoms with van der Waals surface area (Å²) in [4.78, 5) is 16.6. The van der Waals surface area contributed by atoms with Crippen LogP contribution in [0.3, 0.4) is 0 Å². The lowest BCUT2D eigenvalue weighted by Gasteiger charge is -2.24. The topological polar surface area (TPSA) is 58.8 Å². The van der Waals surface area contributed by atoms with Gasteiger partial charge in [0.2, 0.25) is 5.91 Å². The molecule has 2 unspecified atom stereocenters. The monoisotopic (exact) mass is 255 g/mol. The molecule has 0 bridgehead atoms. The van der Waals surface area contributed by atoms with Gasteiger partial charge in [-0.25, -0.2) is 0 Å². The van der Waals surface area contributed by atoms with Gasteiger partial charge in [-0.15, -0.1) is 0 Å². The highest BCUT2D eigenvalue weighted by atomic mass is 16.5. The van der Waals surface area contributed by atoms with Crippen LogP contribution in [0.4, 0.5) is 0 Å². The lowest BCUT2D eigenvalue weighted by Crippen LogP contribution is -2.38. The van der Waals surface area contributed by atoms with E-state index in [1.165, 1.54) is 25.9 Å². The third-order valence-electron chi connectivity index (χ3n) is 4.17. The summed E-state index contributed by atoms with van der Waals surface area (Å²) in [6.45, 7) is 4.60. The molecule has 0 aromatic heterocycles. The molecule has 5 nitrogen and oxygen atoms in total. The number of ether oxygens (including phenoxy) is 1. The predicted octanol–water partition coefficient (Wildman–Crippen LogP) is 0.0469. The van der Waals surface area contributed by atoms with E-state index in [1.54, 1.807) is 7.11 Å². The van der Waals surface area contributed by atoms with Crippen molar-refractivity contribution in [3.63, 3.8) is 0 Å². The number of carbonyl (C=O) groups is 1. The van der Waals surface area contributed by atoms with E-state index in [9.17, 15) is 4.79 Å². The van der Waals surface area contributed by atoms with Crippen LogP contribution in [0.15, 0.2) is 0 Å². The van der Waals surface area contributed by atoms with Gasteiger partial charge in [0.1, 0.15) is 0 Å². The van der Waals surface area contributed by atoms with Crippen LogP contribution >= 0.6 is 0 Å². The Morgan fingerprint density at radius 2 is 2.11 bits per heavy atom. The molecule has 5 heteroatoms. The molecule has 0 aliphatic carbocycles. The van der Waals surface area contributed by atoms with Crippen molar-refractivity contribution in [2.45, 2.75) is 37.8 Å². The van der Waals surface area contributed by atoms with Crippen molar-refractivity contribution >= 4 is 5.91 Å². The third-order valence-corrected chi connectivity index (χ3v) is 4.17. The zero-order valence-corrected chi connectivity index (χ0v) is 11.3. The molecule has 2 rings (SSSR count). The Labute approximate surface area is 109 Å². The van der Waals surface area contributed by atoms with Crippen LogP contribution in [-0.2, 0) is 9.53 Å². The molecule has 2 N–H and O–H groups in total. The molecular formula is C13H25N3O2. The molecule has 0 aromatic rings. The maximum Gasteiger partial charge on any atom is 0.225 e. The smallest absolute Gasteiger partial charge is 0.225 e. The third kappa shape index (κ3) is 3.22. The molecule has 2 atom stereocenters. The van der Waals surface area contributed by atoms with Crippen LogP contribution in [0, 0.1) is 0 Å². The average molecular weight is 255 g/mol. The van der Waals surface area contributed by atoms with E-state index in [0.717, 1.165) is 19.5 Å². The van der Waals surface area contributed by atoms with Gasteiger partial charge in [-0.05, 0) is 32.4 Å². The molecule has 0 spiro atoms. The highest BCUT2D eigenvalue weighted by molar-refractivity contribution is 5.77. The Hall–Kier alpha value is -0.650. The Bertz CT molecular complexity index is 275. The molecule has 2 heterocycles. The fraction of sp³-hybridized carbons (Fsp3) is 0.923. The van der Waals surface area contributed by atoms with Gasteiger partial charge < -0.3 is 15.4 Å². The van der Waals surface area contributed by atoms with E-state index in [0.29, 0.717) is 19.0 Å². The Morgan fingerprint density at radius 1 is 1.39 bits per heavy atom. The number of methoxy groups -OCH3 is 1. The fourth-order valence-electron chi connectivity index (χ4n) is 2.96. The van der Waals surface area contributed by atoms with Crippen molar-refractivity contribution in [2.75, 3.05) is 39.8 Å². The number of nitrogens with zero attached hydrogens (tertiary/aromatic N) is 2. The largest absolute Gasteiger partial charge is 0.380 e. The quantitative estimate of drug-likeness (QED) is 0.754. The first-order chi connectivity index (χ1) is 8.74. The Balaban J connectivity index is 1.78. The number of amides is 1. The van der Waals surface area contributed by atoms with Crippen molar-refractivity contribution < 1.29 is 9.53 Å². The van der Waals surface area contributed by atoms with Crippen LogP contribution < -0.4 is 5.73 Å². The highest BCUT2D eigenvalue weighted by Crippen LogP contribution is 2.21. The van der Waals surface area contributed by atoms with Crippen LogP contribution in [0.2, 0.25) is 0 Å². The van der Waals surface area contributed by atoms with E-state index in [4.69, 9.17) is 10.5 Å². The van der Waals surface area contributed by atoms with Gasteiger partial charge in [0.15, 0.2) is 0 Å². The van der Waals surface area contributed by atoms with Crippen molar-refractivity contribution in [2.24, 2.45) is 5.73 Å². The highest BCUT2D eigenvalue weighted by Gasteiger charge is 2.31. The summed E-state index contributed by atoms with van der Waals surface area (Å²) in [5.41, 5.74) is 5.55. The van der Waals surface area contributed by atoms with Gasteiger partial charge >= 0.3 is 0 Å². The first-order valence-electron chi connectivity index (χ1n) is 6.99. The summed E-state index contributed by atoms with van der Waals surface area (Å²) in [5, 5.41) is 0. The van der Waals surface area contributed by atoms with Crippen molar-refractivity contribution in [3.05, 3.63) is 0 Å². The van der Waals surface area contributed by atoms with Gasteiger partial charge in [0.25, 0.3) is 0 Å². The van der Waals surface area contributed by atoms with Crippen molar-refractivity contribution in [3.8, 4) is 0 Å². The van der Waals surface area contributed by atoms with Gasteiger partial charge in [0.05, 0.1) is 12.5 Å². The Kier molecular flexibility index (Phi) is 4.97. The Morgan fingerprint density at radius 3 is 2.72 bits per heavy atom. The summed E-state index contributed by atoms with van der Waals surface area (Å²) >= 11 is 0. The number of hydrogen-bond acceptors (Lipinski definition) is 4. The average Bonchev–Trinajstić information content (AvgIpc) is 3.04. The van der Waals surface area contributed by atoms with Crippen LogP contribution in [0.1, 0.15) is 25.7 Å². The van der Waals surface area contributed by atoms with Gasteiger partial charge in [0, 0.05) is 32.8 Å². The molecule has 2 saturated heterocycles. The van der Waals surface area contributed by atoms with Gasteiger partial charge in [-0.3, -0.25) is 9.69 Å². The summed E-state index contributed by atoms with van der Waals surface area (Å²) in [6.07, 6.45) is 4.02. The molecular weight excluding hydrogens is 230 g/mol. The minimum Gasteiger partial charge on any atom is -0.380 e. The van der Waals surface area contributed by atoms with Crippen molar-refractivity contribution in [1.82, 2.24) is 9.80 Å². The molecule has 0 saturated carbocycles. The number of nitrogens with two attached hydrogens (primary N) is 1. The summed E-state index contributed by atoms with van der Waals surface area (Å²) < 4.78 is 5.17. The van der Waals surface area contributed by atoms with E-state index < -0.39 is 0 Å². The molecule has 2 fully saturated rings. The standard InChI is InChI=1S/C13H25N3O2/c1-18-12(9-14)8-13(17)16-7-4-11(10-16)15-5-2-3-6-15/h11-12H,2-10,14H2,1H3. The second-order valence-corrected chi connectivity index (χ2v) is 5.32. The predicted molar refractivity (Wildman–Crippen MR) is 70.3 cm³/mol. The second kappa shape index (κ2) is 6.50. The minimum atomic E-state index is -0.136. The minimum absolute atomic E-state index is 0.136. The molecule has 0 aromatic carbocycles. The van der Waals surface area contributed by atoms with Crippen LogP contribution in [0.25, 0.3) is 0 Å².